The van der Waals surface area contributed by atoms with Crippen molar-refractivity contribution in [3.8, 4) is 0 Å². The number of hydrogen-bond acceptors (Lipinski definition) is 5. The SMILES string of the molecule is CC1(c2ccc(Nc3nccnc3C(N)=O)cc2)CCNCC1. The van der Waals surface area contributed by atoms with Gasteiger partial charge in [0.2, 0.25) is 0 Å². The number of nitrogens with two attached hydrogens (primary N) is 1. The van der Waals surface area contributed by atoms with Gasteiger partial charge in [0.05, 0.1) is 0 Å². The van der Waals surface area contributed by atoms with Crippen LogP contribution in [-0.4, -0.2) is 29.0 Å². The third-order valence-corrected chi connectivity index (χ3v) is 4.48. The Labute approximate surface area is 135 Å². The first-order chi connectivity index (χ1) is 11.1. The number of rotatable bonds is 4. The molecular weight excluding hydrogens is 290 g/mol. The highest BCUT2D eigenvalue weighted by Crippen LogP contribution is 2.33. The van der Waals surface area contributed by atoms with E-state index in [2.05, 4.69) is 39.7 Å². The Balaban J connectivity index is 1.79. The van der Waals surface area contributed by atoms with Gasteiger partial charge < -0.3 is 16.4 Å². The van der Waals surface area contributed by atoms with E-state index in [1.54, 1.807) is 0 Å². The van der Waals surface area contributed by atoms with Crippen LogP contribution < -0.4 is 16.4 Å². The van der Waals surface area contributed by atoms with Crippen molar-refractivity contribution in [3.05, 3.63) is 47.9 Å². The van der Waals surface area contributed by atoms with Gasteiger partial charge in [0, 0.05) is 18.1 Å². The maximum Gasteiger partial charge on any atom is 0.271 e. The molecule has 1 saturated heterocycles. The van der Waals surface area contributed by atoms with Crippen LogP contribution in [0.4, 0.5) is 11.5 Å². The van der Waals surface area contributed by atoms with Gasteiger partial charge in [-0.25, -0.2) is 9.97 Å². The van der Waals surface area contributed by atoms with Crippen molar-refractivity contribution in [2.45, 2.75) is 25.2 Å². The molecule has 0 bridgehead atoms. The van der Waals surface area contributed by atoms with E-state index < -0.39 is 5.91 Å². The Bertz CT molecular complexity index is 692. The molecule has 1 aliphatic rings. The highest BCUT2D eigenvalue weighted by Gasteiger charge is 2.28. The van der Waals surface area contributed by atoms with Gasteiger partial charge >= 0.3 is 0 Å². The normalized spacial score (nSPS) is 16.7. The van der Waals surface area contributed by atoms with Crippen molar-refractivity contribution in [1.82, 2.24) is 15.3 Å². The lowest BCUT2D eigenvalue weighted by molar-refractivity contribution is 0.0996. The molecule has 6 heteroatoms. The van der Waals surface area contributed by atoms with Gasteiger partial charge in [-0.2, -0.15) is 0 Å². The van der Waals surface area contributed by atoms with Crippen LogP contribution in [0.25, 0.3) is 0 Å². The molecule has 1 fully saturated rings. The number of nitrogens with one attached hydrogen (secondary N) is 2. The van der Waals surface area contributed by atoms with Gasteiger partial charge in [-0.15, -0.1) is 0 Å². The van der Waals surface area contributed by atoms with Gasteiger partial charge in [-0.1, -0.05) is 19.1 Å². The molecule has 0 saturated carbocycles. The number of piperidine rings is 1. The summed E-state index contributed by atoms with van der Waals surface area (Å²) in [5.74, 6) is -0.222. The van der Waals surface area contributed by atoms with Crippen molar-refractivity contribution in [2.75, 3.05) is 18.4 Å². The van der Waals surface area contributed by atoms with Gasteiger partial charge in [-0.3, -0.25) is 4.79 Å². The Morgan fingerprint density at radius 1 is 1.17 bits per heavy atom. The predicted octanol–water partition coefficient (Wildman–Crippen LogP) is 1.96. The minimum Gasteiger partial charge on any atom is -0.364 e. The van der Waals surface area contributed by atoms with E-state index in [1.165, 1.54) is 18.0 Å². The summed E-state index contributed by atoms with van der Waals surface area (Å²) in [4.78, 5) is 19.5. The second-order valence-corrected chi connectivity index (χ2v) is 6.13. The highest BCUT2D eigenvalue weighted by atomic mass is 16.1. The molecule has 4 N–H and O–H groups in total. The monoisotopic (exact) mass is 311 g/mol. The molecule has 0 atom stereocenters. The Kier molecular flexibility index (Phi) is 4.25. The Morgan fingerprint density at radius 3 is 2.48 bits per heavy atom. The molecule has 1 aromatic heterocycles. The van der Waals surface area contributed by atoms with E-state index in [-0.39, 0.29) is 11.1 Å². The van der Waals surface area contributed by atoms with Crippen molar-refractivity contribution in [1.29, 1.82) is 0 Å². The van der Waals surface area contributed by atoms with Crippen LogP contribution in [0.5, 0.6) is 0 Å². The maximum atomic E-state index is 11.4. The summed E-state index contributed by atoms with van der Waals surface area (Å²) in [7, 11) is 0. The van der Waals surface area contributed by atoms with Crippen LogP contribution in [0.2, 0.25) is 0 Å². The summed E-state index contributed by atoms with van der Waals surface area (Å²) in [6, 6.07) is 8.27. The zero-order chi connectivity index (χ0) is 16.3. The quantitative estimate of drug-likeness (QED) is 0.802. The average Bonchev–Trinajstić information content (AvgIpc) is 2.56. The van der Waals surface area contributed by atoms with E-state index in [0.29, 0.717) is 5.82 Å². The van der Waals surface area contributed by atoms with Gasteiger partial charge in [0.15, 0.2) is 11.5 Å². The topological polar surface area (TPSA) is 92.9 Å². The first kappa shape index (κ1) is 15.4. The summed E-state index contributed by atoms with van der Waals surface area (Å²) in [5, 5.41) is 6.51. The first-order valence-corrected chi connectivity index (χ1v) is 7.78. The molecule has 0 spiro atoms. The largest absolute Gasteiger partial charge is 0.364 e. The summed E-state index contributed by atoms with van der Waals surface area (Å²) in [6.45, 7) is 4.42. The molecule has 1 amide bonds. The van der Waals surface area contributed by atoms with Crippen LogP contribution in [0.15, 0.2) is 36.7 Å². The van der Waals surface area contributed by atoms with E-state index in [0.717, 1.165) is 31.6 Å². The number of carbonyl (C=O) groups excluding carboxylic acids is 1. The van der Waals surface area contributed by atoms with Gasteiger partial charge in [0.1, 0.15) is 0 Å². The zero-order valence-corrected chi connectivity index (χ0v) is 13.2. The second-order valence-electron chi connectivity index (χ2n) is 6.13. The number of anilines is 2. The van der Waals surface area contributed by atoms with Crippen LogP contribution >= 0.6 is 0 Å². The molecule has 0 radical (unpaired) electrons. The number of primary amides is 1. The molecule has 23 heavy (non-hydrogen) atoms. The van der Waals surface area contributed by atoms with Crippen molar-refractivity contribution in [2.24, 2.45) is 5.73 Å². The minimum atomic E-state index is -0.598. The fourth-order valence-electron chi connectivity index (χ4n) is 2.97. The lowest BCUT2D eigenvalue weighted by atomic mass is 9.75. The summed E-state index contributed by atoms with van der Waals surface area (Å²) < 4.78 is 0. The van der Waals surface area contributed by atoms with E-state index in [9.17, 15) is 4.79 Å². The smallest absolute Gasteiger partial charge is 0.271 e. The van der Waals surface area contributed by atoms with Crippen molar-refractivity contribution >= 4 is 17.4 Å². The fraction of sp³-hybridized carbons (Fsp3) is 0.353. The fourth-order valence-corrected chi connectivity index (χ4v) is 2.97. The van der Waals surface area contributed by atoms with Crippen LogP contribution in [0, 0.1) is 0 Å². The minimum absolute atomic E-state index is 0.141. The third kappa shape index (κ3) is 3.32. The van der Waals surface area contributed by atoms with Crippen LogP contribution in [0.1, 0.15) is 35.8 Å². The maximum absolute atomic E-state index is 11.4. The molecule has 120 valence electrons. The van der Waals surface area contributed by atoms with Gasteiger partial charge in [-0.05, 0) is 49.0 Å². The Morgan fingerprint density at radius 2 is 1.83 bits per heavy atom. The molecular formula is C17H21N5O. The molecule has 3 rings (SSSR count). The lowest BCUT2D eigenvalue weighted by Gasteiger charge is -2.34. The number of benzene rings is 1. The van der Waals surface area contributed by atoms with Gasteiger partial charge in [0.25, 0.3) is 5.91 Å². The third-order valence-electron chi connectivity index (χ3n) is 4.48. The molecule has 0 unspecified atom stereocenters. The number of carbonyl (C=O) groups is 1. The molecule has 2 heterocycles. The lowest BCUT2D eigenvalue weighted by Crippen LogP contribution is -2.37. The number of hydrogen-bond donors (Lipinski definition) is 3. The molecule has 2 aromatic rings. The Hall–Kier alpha value is -2.47. The van der Waals surface area contributed by atoms with E-state index in [1.807, 2.05) is 12.1 Å². The first-order valence-electron chi connectivity index (χ1n) is 7.78. The number of aromatic nitrogens is 2. The standard InChI is InChI=1S/C17H21N5O/c1-17(6-8-19-9-7-17)12-2-4-13(5-3-12)22-16-14(15(18)23)20-10-11-21-16/h2-5,10-11,19H,6-9H2,1H3,(H2,18,23)(H,21,22). The summed E-state index contributed by atoms with van der Waals surface area (Å²) in [5.41, 5.74) is 7.87. The predicted molar refractivity (Wildman–Crippen MR) is 89.7 cm³/mol. The van der Waals surface area contributed by atoms with Crippen molar-refractivity contribution in [3.63, 3.8) is 0 Å². The summed E-state index contributed by atoms with van der Waals surface area (Å²) in [6.07, 6.45) is 5.25. The summed E-state index contributed by atoms with van der Waals surface area (Å²) >= 11 is 0. The second kappa shape index (κ2) is 6.34. The number of nitrogens with zero attached hydrogens (tertiary/aromatic N) is 2. The number of amides is 1. The van der Waals surface area contributed by atoms with E-state index in [4.69, 9.17) is 5.73 Å². The molecule has 1 aliphatic heterocycles. The average molecular weight is 311 g/mol. The zero-order valence-electron chi connectivity index (χ0n) is 13.2. The van der Waals surface area contributed by atoms with Crippen molar-refractivity contribution < 1.29 is 4.79 Å². The molecule has 0 aliphatic carbocycles. The molecule has 6 nitrogen and oxygen atoms in total. The molecule has 1 aromatic carbocycles. The highest BCUT2D eigenvalue weighted by molar-refractivity contribution is 5.96. The van der Waals surface area contributed by atoms with E-state index >= 15 is 0 Å². The van der Waals surface area contributed by atoms with Crippen LogP contribution in [0.3, 0.4) is 0 Å². The van der Waals surface area contributed by atoms with Crippen LogP contribution in [-0.2, 0) is 5.41 Å².